The topological polar surface area (TPSA) is 37.3 Å². The Bertz CT molecular complexity index is 339. The van der Waals surface area contributed by atoms with E-state index in [1.807, 2.05) is 12.1 Å². The summed E-state index contributed by atoms with van der Waals surface area (Å²) in [7, 11) is 2.15. The molecule has 3 nitrogen and oxygen atoms in total. The lowest BCUT2D eigenvalue weighted by Gasteiger charge is -2.31. The van der Waals surface area contributed by atoms with Crippen molar-refractivity contribution in [3.8, 4) is 0 Å². The fraction of sp³-hybridized carbons (Fsp3) is 0.417. The van der Waals surface area contributed by atoms with E-state index >= 15 is 0 Å². The standard InChI is InChI=1S/C12H17NO2/c1-4-13(3,5-2)11-8-6-10(7-9-11)12(14)15/h6-9H,4-5H2,1-3H3/p+1. The number of carboxylic acids is 1. The van der Waals surface area contributed by atoms with E-state index in [1.165, 1.54) is 0 Å². The van der Waals surface area contributed by atoms with Gasteiger partial charge in [0, 0.05) is 0 Å². The first kappa shape index (κ1) is 11.7. The van der Waals surface area contributed by atoms with Gasteiger partial charge in [0.1, 0.15) is 5.69 Å². The van der Waals surface area contributed by atoms with Crippen molar-refractivity contribution in [2.45, 2.75) is 13.8 Å². The molecule has 3 heteroatoms. The second kappa shape index (κ2) is 4.45. The molecule has 0 amide bonds. The van der Waals surface area contributed by atoms with Crippen molar-refractivity contribution in [1.82, 2.24) is 4.48 Å². The van der Waals surface area contributed by atoms with Gasteiger partial charge in [-0.15, -0.1) is 0 Å². The summed E-state index contributed by atoms with van der Waals surface area (Å²) in [6.07, 6.45) is 0. The first-order chi connectivity index (χ1) is 7.03. The molecule has 15 heavy (non-hydrogen) atoms. The molecule has 0 fully saturated rings. The van der Waals surface area contributed by atoms with Crippen molar-refractivity contribution in [3.63, 3.8) is 0 Å². The van der Waals surface area contributed by atoms with E-state index in [4.69, 9.17) is 5.11 Å². The Morgan fingerprint density at radius 2 is 1.67 bits per heavy atom. The van der Waals surface area contributed by atoms with E-state index in [0.717, 1.165) is 23.3 Å². The number of hydrogen-bond acceptors (Lipinski definition) is 1. The number of nitrogens with zero attached hydrogens (tertiary/aromatic N) is 1. The Balaban J connectivity index is 3.02. The molecular formula is C12H18NO2+. The van der Waals surface area contributed by atoms with E-state index < -0.39 is 5.97 Å². The summed E-state index contributed by atoms with van der Waals surface area (Å²) >= 11 is 0. The summed E-state index contributed by atoms with van der Waals surface area (Å²) in [5, 5.41) is 8.79. The minimum atomic E-state index is -0.872. The average Bonchev–Trinajstić information content (AvgIpc) is 2.28. The fourth-order valence-corrected chi connectivity index (χ4v) is 1.55. The number of carboxylic acid groups (broad SMARTS) is 1. The Morgan fingerprint density at radius 1 is 1.20 bits per heavy atom. The molecule has 1 rings (SSSR count). The quantitative estimate of drug-likeness (QED) is 0.771. The molecule has 0 aliphatic carbocycles. The Hall–Kier alpha value is -1.35. The maximum atomic E-state index is 10.7. The first-order valence-electron chi connectivity index (χ1n) is 5.22. The van der Waals surface area contributed by atoms with Gasteiger partial charge in [-0.1, -0.05) is 0 Å². The molecule has 0 bridgehead atoms. The predicted molar refractivity (Wildman–Crippen MR) is 62.2 cm³/mol. The molecule has 1 N–H and O–H groups in total. The van der Waals surface area contributed by atoms with Crippen LogP contribution in [0.3, 0.4) is 0 Å². The third-order valence-corrected chi connectivity index (χ3v) is 3.13. The summed E-state index contributed by atoms with van der Waals surface area (Å²) in [5.74, 6) is -0.872. The van der Waals surface area contributed by atoms with E-state index in [2.05, 4.69) is 20.9 Å². The van der Waals surface area contributed by atoms with Gasteiger partial charge >= 0.3 is 5.97 Å². The summed E-state index contributed by atoms with van der Waals surface area (Å²) in [6, 6.07) is 7.13. The first-order valence-corrected chi connectivity index (χ1v) is 5.22. The lowest BCUT2D eigenvalue weighted by Crippen LogP contribution is -2.44. The third kappa shape index (κ3) is 2.36. The summed E-state index contributed by atoms with van der Waals surface area (Å²) in [5.41, 5.74) is 1.50. The van der Waals surface area contributed by atoms with Gasteiger partial charge < -0.3 is 5.11 Å². The molecule has 0 unspecified atom stereocenters. The van der Waals surface area contributed by atoms with Crippen LogP contribution in [0.15, 0.2) is 24.3 Å². The van der Waals surface area contributed by atoms with Crippen molar-refractivity contribution in [2.75, 3.05) is 20.1 Å². The second-order valence-corrected chi connectivity index (χ2v) is 3.88. The SMILES string of the molecule is CC[N+](C)(CC)c1ccc(C(=O)O)cc1. The smallest absolute Gasteiger partial charge is 0.335 e. The fourth-order valence-electron chi connectivity index (χ4n) is 1.55. The maximum absolute atomic E-state index is 10.7. The Kier molecular flexibility index (Phi) is 3.48. The molecule has 0 spiro atoms. The van der Waals surface area contributed by atoms with Gasteiger partial charge in [-0.25, -0.2) is 4.79 Å². The minimum absolute atomic E-state index is 0.345. The van der Waals surface area contributed by atoms with Crippen LogP contribution in [0.25, 0.3) is 0 Å². The summed E-state index contributed by atoms with van der Waals surface area (Å²) < 4.78 is 0.833. The van der Waals surface area contributed by atoms with Gasteiger partial charge in [-0.05, 0) is 38.1 Å². The van der Waals surface area contributed by atoms with Crippen LogP contribution in [0.1, 0.15) is 24.2 Å². The van der Waals surface area contributed by atoms with E-state index in [-0.39, 0.29) is 0 Å². The molecule has 1 aromatic carbocycles. The van der Waals surface area contributed by atoms with Gasteiger partial charge in [0.2, 0.25) is 0 Å². The molecular weight excluding hydrogens is 190 g/mol. The van der Waals surface area contributed by atoms with Crippen molar-refractivity contribution in [3.05, 3.63) is 29.8 Å². The molecule has 0 aliphatic heterocycles. The zero-order chi connectivity index (χ0) is 11.5. The van der Waals surface area contributed by atoms with Crippen LogP contribution in [0.4, 0.5) is 5.69 Å². The molecule has 0 aromatic heterocycles. The van der Waals surface area contributed by atoms with E-state index in [1.54, 1.807) is 12.1 Å². The monoisotopic (exact) mass is 208 g/mol. The molecule has 0 saturated heterocycles. The molecule has 0 saturated carbocycles. The van der Waals surface area contributed by atoms with Crippen LogP contribution in [-0.2, 0) is 0 Å². The Morgan fingerprint density at radius 3 is 2.00 bits per heavy atom. The number of quaternary nitrogens is 1. The van der Waals surface area contributed by atoms with Crippen LogP contribution in [0.2, 0.25) is 0 Å². The lowest BCUT2D eigenvalue weighted by atomic mass is 10.1. The van der Waals surface area contributed by atoms with Crippen LogP contribution >= 0.6 is 0 Å². The number of aromatic carboxylic acids is 1. The molecule has 82 valence electrons. The predicted octanol–water partition coefficient (Wildman–Crippen LogP) is 2.36. The zero-order valence-electron chi connectivity index (χ0n) is 9.53. The third-order valence-electron chi connectivity index (χ3n) is 3.13. The zero-order valence-corrected chi connectivity index (χ0v) is 9.53. The highest BCUT2D eigenvalue weighted by Crippen LogP contribution is 2.20. The number of benzene rings is 1. The van der Waals surface area contributed by atoms with Crippen molar-refractivity contribution >= 4 is 11.7 Å². The van der Waals surface area contributed by atoms with Crippen LogP contribution in [0, 0.1) is 0 Å². The van der Waals surface area contributed by atoms with E-state index in [9.17, 15) is 4.79 Å². The highest BCUT2D eigenvalue weighted by atomic mass is 16.4. The Labute approximate surface area is 90.5 Å². The molecule has 0 radical (unpaired) electrons. The van der Waals surface area contributed by atoms with Crippen LogP contribution < -0.4 is 4.48 Å². The van der Waals surface area contributed by atoms with Crippen LogP contribution in [-0.4, -0.2) is 31.2 Å². The lowest BCUT2D eigenvalue weighted by molar-refractivity contribution is 0.0697. The molecule has 0 aliphatic rings. The number of hydrogen-bond donors (Lipinski definition) is 1. The highest BCUT2D eigenvalue weighted by Gasteiger charge is 2.20. The normalized spacial score (nSPS) is 11.4. The highest BCUT2D eigenvalue weighted by molar-refractivity contribution is 5.87. The van der Waals surface area contributed by atoms with E-state index in [0.29, 0.717) is 5.56 Å². The second-order valence-electron chi connectivity index (χ2n) is 3.88. The summed E-state index contributed by atoms with van der Waals surface area (Å²) in [4.78, 5) is 10.7. The molecule has 0 atom stereocenters. The van der Waals surface area contributed by atoms with Gasteiger partial charge in [-0.2, -0.15) is 0 Å². The van der Waals surface area contributed by atoms with Gasteiger partial charge in [0.15, 0.2) is 0 Å². The maximum Gasteiger partial charge on any atom is 0.335 e. The van der Waals surface area contributed by atoms with Crippen LogP contribution in [0.5, 0.6) is 0 Å². The van der Waals surface area contributed by atoms with Crippen molar-refractivity contribution in [1.29, 1.82) is 0 Å². The average molecular weight is 208 g/mol. The summed E-state index contributed by atoms with van der Waals surface area (Å²) in [6.45, 7) is 6.27. The number of rotatable bonds is 4. The molecule has 1 aromatic rings. The largest absolute Gasteiger partial charge is 0.478 e. The number of carbonyl (C=O) groups is 1. The van der Waals surface area contributed by atoms with Crippen molar-refractivity contribution < 1.29 is 9.90 Å². The molecule has 0 heterocycles. The van der Waals surface area contributed by atoms with Gasteiger partial charge in [0.25, 0.3) is 0 Å². The van der Waals surface area contributed by atoms with Gasteiger partial charge in [-0.3, -0.25) is 4.48 Å². The van der Waals surface area contributed by atoms with Gasteiger partial charge in [0.05, 0.1) is 25.7 Å². The van der Waals surface area contributed by atoms with Crippen molar-refractivity contribution in [2.24, 2.45) is 0 Å². The minimum Gasteiger partial charge on any atom is -0.478 e.